The van der Waals surface area contributed by atoms with E-state index in [1.165, 1.54) is 11.1 Å². The van der Waals surface area contributed by atoms with Crippen molar-refractivity contribution in [3.8, 4) is 0 Å². The van der Waals surface area contributed by atoms with Crippen molar-refractivity contribution < 1.29 is 4.42 Å². The number of rotatable bonds is 5. The van der Waals surface area contributed by atoms with Gasteiger partial charge in [-0.25, -0.2) is 0 Å². The molecule has 2 heteroatoms. The van der Waals surface area contributed by atoms with E-state index in [-0.39, 0.29) is 0 Å². The molecule has 2 rings (SSSR count). The molecule has 0 radical (unpaired) electrons. The smallest absolute Gasteiger partial charge is 0.0950 e. The Hall–Kier alpha value is -1.54. The zero-order valence-electron chi connectivity index (χ0n) is 10.4. The van der Waals surface area contributed by atoms with Gasteiger partial charge in [-0.3, -0.25) is 0 Å². The molecule has 0 bridgehead atoms. The minimum Gasteiger partial charge on any atom is -0.472 e. The summed E-state index contributed by atoms with van der Waals surface area (Å²) in [5, 5.41) is 3.63. The third-order valence-electron chi connectivity index (χ3n) is 3.10. The average Bonchev–Trinajstić information content (AvgIpc) is 2.90. The molecule has 1 aromatic heterocycles. The van der Waals surface area contributed by atoms with Crippen LogP contribution in [0.15, 0.2) is 53.3 Å². The minimum atomic E-state index is 0.305. The van der Waals surface area contributed by atoms with Gasteiger partial charge < -0.3 is 9.73 Å². The van der Waals surface area contributed by atoms with Gasteiger partial charge in [-0.05, 0) is 25.0 Å². The number of nitrogens with one attached hydrogen (secondary N) is 1. The highest BCUT2D eigenvalue weighted by Crippen LogP contribution is 2.21. The van der Waals surface area contributed by atoms with Crippen molar-refractivity contribution in [2.75, 3.05) is 0 Å². The highest BCUT2D eigenvalue weighted by Gasteiger charge is 2.13. The lowest BCUT2D eigenvalue weighted by Crippen LogP contribution is -2.23. The summed E-state index contributed by atoms with van der Waals surface area (Å²) in [6, 6.07) is 13.3. The molecule has 0 aliphatic rings. The van der Waals surface area contributed by atoms with Gasteiger partial charge in [0.05, 0.1) is 12.5 Å². The van der Waals surface area contributed by atoms with Crippen LogP contribution in [-0.4, -0.2) is 0 Å². The van der Waals surface area contributed by atoms with Gasteiger partial charge >= 0.3 is 0 Å². The van der Waals surface area contributed by atoms with Crippen molar-refractivity contribution in [1.29, 1.82) is 0 Å². The summed E-state index contributed by atoms with van der Waals surface area (Å²) in [5.74, 6) is 0. The first-order valence-electron chi connectivity index (χ1n) is 6.14. The first-order valence-corrected chi connectivity index (χ1v) is 6.14. The van der Waals surface area contributed by atoms with Gasteiger partial charge in [0, 0.05) is 17.6 Å². The molecule has 2 atom stereocenters. The lowest BCUT2D eigenvalue weighted by atomic mass is 10.0. The summed E-state index contributed by atoms with van der Waals surface area (Å²) in [6.45, 7) is 4.36. The fourth-order valence-electron chi connectivity index (χ4n) is 2.05. The van der Waals surface area contributed by atoms with Crippen LogP contribution >= 0.6 is 0 Å². The summed E-state index contributed by atoms with van der Waals surface area (Å²) in [7, 11) is 0. The summed E-state index contributed by atoms with van der Waals surface area (Å²) in [6.07, 6.45) is 4.60. The lowest BCUT2D eigenvalue weighted by Gasteiger charge is -2.22. The largest absolute Gasteiger partial charge is 0.472 e. The van der Waals surface area contributed by atoms with Crippen LogP contribution in [0.5, 0.6) is 0 Å². The van der Waals surface area contributed by atoms with Crippen molar-refractivity contribution in [2.45, 2.75) is 32.4 Å². The maximum atomic E-state index is 5.12. The maximum Gasteiger partial charge on any atom is 0.0950 e. The van der Waals surface area contributed by atoms with Gasteiger partial charge in [-0.15, -0.1) is 0 Å². The molecule has 2 nitrogen and oxygen atoms in total. The Bertz CT molecular complexity index is 421. The molecular formula is C15H19NO. The zero-order valence-corrected chi connectivity index (χ0v) is 10.4. The molecule has 1 N–H and O–H groups in total. The van der Waals surface area contributed by atoms with E-state index in [0.717, 1.165) is 6.42 Å². The number of furan rings is 1. The molecule has 0 saturated heterocycles. The van der Waals surface area contributed by atoms with E-state index in [9.17, 15) is 0 Å². The van der Waals surface area contributed by atoms with Gasteiger partial charge in [-0.2, -0.15) is 0 Å². The second-order valence-electron chi connectivity index (χ2n) is 4.32. The van der Waals surface area contributed by atoms with E-state index < -0.39 is 0 Å². The summed E-state index contributed by atoms with van der Waals surface area (Å²) in [5.41, 5.74) is 2.53. The first kappa shape index (κ1) is 11.9. The van der Waals surface area contributed by atoms with Gasteiger partial charge in [0.1, 0.15) is 0 Å². The molecule has 17 heavy (non-hydrogen) atoms. The maximum absolute atomic E-state index is 5.12. The third-order valence-corrected chi connectivity index (χ3v) is 3.10. The van der Waals surface area contributed by atoms with Crippen molar-refractivity contribution in [1.82, 2.24) is 5.32 Å². The topological polar surface area (TPSA) is 25.2 Å². The Balaban J connectivity index is 2.06. The number of benzene rings is 1. The van der Waals surface area contributed by atoms with Crippen LogP contribution in [0.2, 0.25) is 0 Å². The summed E-state index contributed by atoms with van der Waals surface area (Å²) in [4.78, 5) is 0. The predicted molar refractivity (Wildman–Crippen MR) is 69.7 cm³/mol. The molecule has 0 aliphatic heterocycles. The van der Waals surface area contributed by atoms with Crippen molar-refractivity contribution in [2.24, 2.45) is 0 Å². The highest BCUT2D eigenvalue weighted by atomic mass is 16.3. The fourth-order valence-corrected chi connectivity index (χ4v) is 2.05. The molecule has 0 aliphatic carbocycles. The molecule has 1 heterocycles. The van der Waals surface area contributed by atoms with Crippen LogP contribution in [0.3, 0.4) is 0 Å². The Kier molecular flexibility index (Phi) is 3.99. The van der Waals surface area contributed by atoms with Gasteiger partial charge in [0.2, 0.25) is 0 Å². The van der Waals surface area contributed by atoms with Crippen LogP contribution in [0.1, 0.15) is 43.5 Å². The molecular weight excluding hydrogens is 210 g/mol. The standard InChI is InChI=1S/C15H19NO/c1-3-15(13-7-5-4-6-8-13)16-12(2)14-9-10-17-11-14/h4-12,15-16H,3H2,1-2H3. The van der Waals surface area contributed by atoms with E-state index in [1.54, 1.807) is 12.5 Å². The molecule has 0 amide bonds. The van der Waals surface area contributed by atoms with Gasteiger partial charge in [-0.1, -0.05) is 37.3 Å². The average molecular weight is 229 g/mol. The monoisotopic (exact) mass is 229 g/mol. The molecule has 2 aromatic rings. The van der Waals surface area contributed by atoms with Crippen molar-refractivity contribution in [3.63, 3.8) is 0 Å². The lowest BCUT2D eigenvalue weighted by molar-refractivity contribution is 0.452. The summed E-state index contributed by atoms with van der Waals surface area (Å²) >= 11 is 0. The molecule has 0 fully saturated rings. The normalized spacial score (nSPS) is 14.5. The number of hydrogen-bond acceptors (Lipinski definition) is 2. The molecule has 90 valence electrons. The third kappa shape index (κ3) is 2.98. The van der Waals surface area contributed by atoms with E-state index in [2.05, 4.69) is 49.5 Å². The van der Waals surface area contributed by atoms with E-state index in [0.29, 0.717) is 12.1 Å². The molecule has 1 aromatic carbocycles. The van der Waals surface area contributed by atoms with Gasteiger partial charge in [0.25, 0.3) is 0 Å². The minimum absolute atomic E-state index is 0.305. The van der Waals surface area contributed by atoms with Crippen LogP contribution < -0.4 is 5.32 Å². The van der Waals surface area contributed by atoms with Crippen LogP contribution in [-0.2, 0) is 0 Å². The Morgan fingerprint density at radius 3 is 2.47 bits per heavy atom. The quantitative estimate of drug-likeness (QED) is 0.835. The van der Waals surface area contributed by atoms with E-state index in [4.69, 9.17) is 4.42 Å². The SMILES string of the molecule is CCC(NC(C)c1ccoc1)c1ccccc1. The molecule has 0 spiro atoms. The molecule has 0 saturated carbocycles. The summed E-state index contributed by atoms with van der Waals surface area (Å²) < 4.78 is 5.12. The Morgan fingerprint density at radius 1 is 1.12 bits per heavy atom. The highest BCUT2D eigenvalue weighted by molar-refractivity contribution is 5.20. The predicted octanol–water partition coefficient (Wildman–Crippen LogP) is 4.08. The fraction of sp³-hybridized carbons (Fsp3) is 0.333. The number of hydrogen-bond donors (Lipinski definition) is 1. The first-order chi connectivity index (χ1) is 8.31. The second-order valence-corrected chi connectivity index (χ2v) is 4.32. The van der Waals surface area contributed by atoms with Crippen LogP contribution in [0, 0.1) is 0 Å². The van der Waals surface area contributed by atoms with E-state index >= 15 is 0 Å². The van der Waals surface area contributed by atoms with Crippen molar-refractivity contribution in [3.05, 3.63) is 60.1 Å². The van der Waals surface area contributed by atoms with Gasteiger partial charge in [0.15, 0.2) is 0 Å². The molecule has 2 unspecified atom stereocenters. The van der Waals surface area contributed by atoms with Crippen LogP contribution in [0.25, 0.3) is 0 Å². The van der Waals surface area contributed by atoms with E-state index in [1.807, 2.05) is 6.07 Å². The zero-order chi connectivity index (χ0) is 12.1. The Morgan fingerprint density at radius 2 is 1.88 bits per heavy atom. The van der Waals surface area contributed by atoms with Crippen molar-refractivity contribution >= 4 is 0 Å². The van der Waals surface area contributed by atoms with Crippen LogP contribution in [0.4, 0.5) is 0 Å². The second kappa shape index (κ2) is 5.69. The Labute approximate surface area is 103 Å².